The average Bonchev–Trinajstić information content (AvgIpc) is 2.80. The third-order valence-electron chi connectivity index (χ3n) is 5.46. The number of nitrogens with zero attached hydrogens (tertiary/aromatic N) is 2. The molecule has 2 amide bonds. The van der Waals surface area contributed by atoms with Gasteiger partial charge < -0.3 is 15.1 Å². The lowest BCUT2D eigenvalue weighted by molar-refractivity contribution is 0.0746. The van der Waals surface area contributed by atoms with Gasteiger partial charge in [0.05, 0.1) is 0 Å². The third-order valence-corrected chi connectivity index (χ3v) is 5.71. The van der Waals surface area contributed by atoms with Crippen molar-refractivity contribution in [3.8, 4) is 0 Å². The second-order valence-electron chi connectivity index (χ2n) is 7.65. The highest BCUT2D eigenvalue weighted by Gasteiger charge is 2.22. The zero-order chi connectivity index (χ0) is 21.8. The maximum Gasteiger partial charge on any atom is 0.255 e. The zero-order valence-electron chi connectivity index (χ0n) is 17.3. The second kappa shape index (κ2) is 9.23. The first-order chi connectivity index (χ1) is 15.0. The topological polar surface area (TPSA) is 52.7 Å². The molecule has 31 heavy (non-hydrogen) atoms. The fraction of sp³-hybridized carbons (Fsp3) is 0.200. The predicted octanol–water partition coefficient (Wildman–Crippen LogP) is 4.86. The highest BCUT2D eigenvalue weighted by Crippen LogP contribution is 2.21. The first-order valence-corrected chi connectivity index (χ1v) is 10.7. The van der Waals surface area contributed by atoms with Gasteiger partial charge in [-0.1, -0.05) is 29.3 Å². The quantitative estimate of drug-likeness (QED) is 0.639. The molecule has 1 fully saturated rings. The fourth-order valence-corrected chi connectivity index (χ4v) is 3.73. The van der Waals surface area contributed by atoms with Crippen molar-refractivity contribution in [3.63, 3.8) is 0 Å². The summed E-state index contributed by atoms with van der Waals surface area (Å²) in [5.74, 6) is -0.0902. The van der Waals surface area contributed by atoms with E-state index in [9.17, 15) is 9.59 Å². The van der Waals surface area contributed by atoms with Gasteiger partial charge in [-0.15, -0.1) is 0 Å². The van der Waals surface area contributed by atoms with E-state index in [0.29, 0.717) is 29.2 Å². The maximum absolute atomic E-state index is 12.7. The van der Waals surface area contributed by atoms with E-state index in [2.05, 4.69) is 10.2 Å². The van der Waals surface area contributed by atoms with Crippen LogP contribution in [0.25, 0.3) is 0 Å². The van der Waals surface area contributed by atoms with E-state index in [0.717, 1.165) is 30.0 Å². The number of hydrogen-bond donors (Lipinski definition) is 1. The van der Waals surface area contributed by atoms with Gasteiger partial charge in [0.15, 0.2) is 0 Å². The van der Waals surface area contributed by atoms with Gasteiger partial charge in [0.1, 0.15) is 0 Å². The summed E-state index contributed by atoms with van der Waals surface area (Å²) < 4.78 is 0. The SMILES string of the molecule is Cc1ccc(C(=O)Nc2ccc(N3CCN(C(=O)c4ccc(Cl)cc4)CC3)cc2)cc1. The van der Waals surface area contributed by atoms with Gasteiger partial charge in [0.25, 0.3) is 11.8 Å². The van der Waals surface area contributed by atoms with E-state index in [1.165, 1.54) is 0 Å². The number of halogens is 1. The molecule has 158 valence electrons. The van der Waals surface area contributed by atoms with Crippen LogP contribution >= 0.6 is 11.6 Å². The van der Waals surface area contributed by atoms with Crippen molar-refractivity contribution in [2.75, 3.05) is 36.4 Å². The molecule has 1 aliphatic rings. The van der Waals surface area contributed by atoms with Crippen molar-refractivity contribution in [3.05, 3.63) is 94.5 Å². The molecule has 6 heteroatoms. The molecule has 1 aliphatic heterocycles. The van der Waals surface area contributed by atoms with Crippen molar-refractivity contribution in [2.24, 2.45) is 0 Å². The van der Waals surface area contributed by atoms with Crippen LogP contribution in [0.2, 0.25) is 5.02 Å². The van der Waals surface area contributed by atoms with Crippen LogP contribution in [0.1, 0.15) is 26.3 Å². The minimum Gasteiger partial charge on any atom is -0.368 e. The monoisotopic (exact) mass is 433 g/mol. The summed E-state index contributed by atoms with van der Waals surface area (Å²) in [7, 11) is 0. The van der Waals surface area contributed by atoms with Crippen LogP contribution in [0.15, 0.2) is 72.8 Å². The normalized spacial score (nSPS) is 13.7. The summed E-state index contributed by atoms with van der Waals surface area (Å²) in [4.78, 5) is 29.2. The molecule has 3 aromatic carbocycles. The minimum absolute atomic E-state index is 0.0329. The molecule has 0 bridgehead atoms. The Hall–Kier alpha value is -3.31. The Morgan fingerprint density at radius 3 is 1.97 bits per heavy atom. The first-order valence-electron chi connectivity index (χ1n) is 10.3. The van der Waals surface area contributed by atoms with E-state index in [4.69, 9.17) is 11.6 Å². The van der Waals surface area contributed by atoms with Crippen LogP contribution in [-0.2, 0) is 0 Å². The molecule has 1 saturated heterocycles. The summed E-state index contributed by atoms with van der Waals surface area (Å²) in [6, 6.07) is 22.3. The van der Waals surface area contributed by atoms with Gasteiger partial charge in [-0.25, -0.2) is 0 Å². The van der Waals surface area contributed by atoms with E-state index in [-0.39, 0.29) is 11.8 Å². The van der Waals surface area contributed by atoms with Gasteiger partial charge in [-0.05, 0) is 67.6 Å². The number of amides is 2. The molecule has 0 radical (unpaired) electrons. The van der Waals surface area contributed by atoms with E-state index < -0.39 is 0 Å². The largest absolute Gasteiger partial charge is 0.368 e. The number of piperazine rings is 1. The molecule has 0 aromatic heterocycles. The lowest BCUT2D eigenvalue weighted by atomic mass is 10.1. The molecule has 0 atom stereocenters. The summed E-state index contributed by atoms with van der Waals surface area (Å²) in [6.07, 6.45) is 0. The van der Waals surface area contributed by atoms with Crippen LogP contribution in [0.3, 0.4) is 0 Å². The second-order valence-corrected chi connectivity index (χ2v) is 8.09. The Bertz CT molecular complexity index is 1060. The Morgan fingerprint density at radius 1 is 0.774 bits per heavy atom. The highest BCUT2D eigenvalue weighted by molar-refractivity contribution is 6.30. The molecular weight excluding hydrogens is 410 g/mol. The van der Waals surface area contributed by atoms with Crippen LogP contribution in [0.4, 0.5) is 11.4 Å². The number of rotatable bonds is 4. The van der Waals surface area contributed by atoms with Crippen molar-refractivity contribution in [1.82, 2.24) is 4.90 Å². The van der Waals surface area contributed by atoms with Gasteiger partial charge >= 0.3 is 0 Å². The molecule has 1 heterocycles. The molecule has 3 aromatic rings. The summed E-state index contributed by atoms with van der Waals surface area (Å²) in [5, 5.41) is 3.56. The predicted molar refractivity (Wildman–Crippen MR) is 125 cm³/mol. The molecule has 0 saturated carbocycles. The summed E-state index contributed by atoms with van der Waals surface area (Å²) >= 11 is 5.91. The average molecular weight is 434 g/mol. The molecule has 4 rings (SSSR count). The fourth-order valence-electron chi connectivity index (χ4n) is 3.61. The maximum atomic E-state index is 12.7. The highest BCUT2D eigenvalue weighted by atomic mass is 35.5. The molecule has 0 unspecified atom stereocenters. The number of anilines is 2. The van der Waals surface area contributed by atoms with Crippen molar-refractivity contribution in [2.45, 2.75) is 6.92 Å². The number of benzene rings is 3. The summed E-state index contributed by atoms with van der Waals surface area (Å²) in [6.45, 7) is 4.83. The standard InChI is InChI=1S/C25H24ClN3O2/c1-18-2-4-19(5-3-18)24(30)27-22-10-12-23(13-11-22)28-14-16-29(17-15-28)25(31)20-6-8-21(26)9-7-20/h2-13H,14-17H2,1H3,(H,27,30). The van der Waals surface area contributed by atoms with Crippen molar-refractivity contribution in [1.29, 1.82) is 0 Å². The number of aryl methyl sites for hydroxylation is 1. The number of hydrogen-bond acceptors (Lipinski definition) is 3. The van der Waals surface area contributed by atoms with Crippen molar-refractivity contribution >= 4 is 34.8 Å². The number of carbonyl (C=O) groups excluding carboxylic acids is 2. The lowest BCUT2D eigenvalue weighted by Gasteiger charge is -2.36. The molecule has 5 nitrogen and oxygen atoms in total. The Balaban J connectivity index is 1.33. The molecule has 0 spiro atoms. The smallest absolute Gasteiger partial charge is 0.255 e. The number of nitrogens with one attached hydrogen (secondary N) is 1. The van der Waals surface area contributed by atoms with E-state index in [1.807, 2.05) is 60.4 Å². The van der Waals surface area contributed by atoms with Gasteiger partial charge in [0, 0.05) is 53.7 Å². The van der Waals surface area contributed by atoms with Crippen molar-refractivity contribution < 1.29 is 9.59 Å². The van der Waals surface area contributed by atoms with Gasteiger partial charge in [0.2, 0.25) is 0 Å². The van der Waals surface area contributed by atoms with Crippen LogP contribution < -0.4 is 10.2 Å². The Kier molecular flexibility index (Phi) is 6.23. The zero-order valence-corrected chi connectivity index (χ0v) is 18.1. The Labute approximate surface area is 187 Å². The van der Waals surface area contributed by atoms with Crippen LogP contribution in [-0.4, -0.2) is 42.9 Å². The van der Waals surface area contributed by atoms with Gasteiger partial charge in [-0.3, -0.25) is 9.59 Å². The first kappa shape index (κ1) is 20.9. The van der Waals surface area contributed by atoms with E-state index >= 15 is 0 Å². The minimum atomic E-state index is -0.123. The Morgan fingerprint density at radius 2 is 1.35 bits per heavy atom. The summed E-state index contributed by atoms with van der Waals surface area (Å²) in [5.41, 5.74) is 4.25. The van der Waals surface area contributed by atoms with E-state index in [1.54, 1.807) is 24.3 Å². The third kappa shape index (κ3) is 5.06. The van der Waals surface area contributed by atoms with Crippen LogP contribution in [0, 0.1) is 6.92 Å². The lowest BCUT2D eigenvalue weighted by Crippen LogP contribution is -2.48. The van der Waals surface area contributed by atoms with Crippen LogP contribution in [0.5, 0.6) is 0 Å². The molecule has 1 N–H and O–H groups in total. The van der Waals surface area contributed by atoms with Gasteiger partial charge in [-0.2, -0.15) is 0 Å². The molecule has 0 aliphatic carbocycles. The molecular formula is C25H24ClN3O2. The number of carbonyl (C=O) groups is 2.